The zero-order valence-corrected chi connectivity index (χ0v) is 11.1. The average Bonchev–Trinajstić information content (AvgIpc) is 2.94. The zero-order chi connectivity index (χ0) is 15.0. The van der Waals surface area contributed by atoms with Crippen LogP contribution in [-0.2, 0) is 0 Å². The number of benzene rings is 1. The van der Waals surface area contributed by atoms with Crippen LogP contribution in [0.4, 0.5) is 4.39 Å². The fourth-order valence-corrected chi connectivity index (χ4v) is 2.19. The van der Waals surface area contributed by atoms with Gasteiger partial charge in [-0.1, -0.05) is 12.1 Å². The van der Waals surface area contributed by atoms with Gasteiger partial charge in [0, 0.05) is 5.56 Å². The fourth-order valence-electron chi connectivity index (χ4n) is 2.19. The molecular weight excluding hydrogens is 275 g/mol. The van der Waals surface area contributed by atoms with Gasteiger partial charge in [0.15, 0.2) is 11.4 Å². The largest absolute Gasteiger partial charge is 0.492 e. The second kappa shape index (κ2) is 4.86. The van der Waals surface area contributed by atoms with Gasteiger partial charge >= 0.3 is 0 Å². The minimum Gasteiger partial charge on any atom is -0.492 e. The number of halogens is 1. The standard InChI is InChI=1S/C14H11FN4O2/c1-21-12-10(13(16)20)6-11(19-14(12)17-7-18-19)8-3-2-4-9(15)5-8/h2-7H,1H3,(H2,16,20). The van der Waals surface area contributed by atoms with E-state index >= 15 is 0 Å². The van der Waals surface area contributed by atoms with Crippen molar-refractivity contribution in [2.45, 2.75) is 0 Å². The van der Waals surface area contributed by atoms with Crippen molar-refractivity contribution in [3.63, 3.8) is 0 Å². The number of primary amides is 1. The Labute approximate surface area is 119 Å². The number of hydrogen-bond acceptors (Lipinski definition) is 4. The molecule has 2 N–H and O–H groups in total. The smallest absolute Gasteiger partial charge is 0.252 e. The third-order valence-corrected chi connectivity index (χ3v) is 3.09. The summed E-state index contributed by atoms with van der Waals surface area (Å²) in [5.41, 5.74) is 6.93. The van der Waals surface area contributed by atoms with Crippen LogP contribution in [0.5, 0.6) is 5.75 Å². The maximum absolute atomic E-state index is 13.4. The number of ether oxygens (including phenoxy) is 1. The van der Waals surface area contributed by atoms with E-state index in [0.29, 0.717) is 16.9 Å². The van der Waals surface area contributed by atoms with Crippen molar-refractivity contribution in [3.05, 3.63) is 48.0 Å². The number of pyridine rings is 1. The van der Waals surface area contributed by atoms with Gasteiger partial charge in [0.1, 0.15) is 12.1 Å². The van der Waals surface area contributed by atoms with Gasteiger partial charge in [-0.2, -0.15) is 5.10 Å². The molecule has 7 heteroatoms. The first-order valence-corrected chi connectivity index (χ1v) is 6.08. The normalized spacial score (nSPS) is 10.8. The number of rotatable bonds is 3. The van der Waals surface area contributed by atoms with E-state index < -0.39 is 11.7 Å². The van der Waals surface area contributed by atoms with Crippen molar-refractivity contribution >= 4 is 11.6 Å². The molecule has 0 atom stereocenters. The molecule has 1 aromatic carbocycles. The molecule has 0 bridgehead atoms. The minimum absolute atomic E-state index is 0.164. The van der Waals surface area contributed by atoms with Crippen molar-refractivity contribution in [3.8, 4) is 17.0 Å². The second-order valence-corrected chi connectivity index (χ2v) is 4.35. The summed E-state index contributed by atoms with van der Waals surface area (Å²) in [7, 11) is 1.41. The summed E-state index contributed by atoms with van der Waals surface area (Å²) in [6.45, 7) is 0. The number of carbonyl (C=O) groups excluding carboxylic acids is 1. The van der Waals surface area contributed by atoms with Gasteiger partial charge in [-0.25, -0.2) is 13.9 Å². The van der Waals surface area contributed by atoms with E-state index in [0.717, 1.165) is 0 Å². The number of nitrogens with two attached hydrogens (primary N) is 1. The van der Waals surface area contributed by atoms with Crippen LogP contribution in [0, 0.1) is 5.82 Å². The summed E-state index contributed by atoms with van der Waals surface area (Å²) >= 11 is 0. The molecule has 3 aromatic rings. The van der Waals surface area contributed by atoms with Crippen LogP contribution in [0.15, 0.2) is 36.7 Å². The number of aromatic nitrogens is 3. The van der Waals surface area contributed by atoms with Crippen molar-refractivity contribution in [2.75, 3.05) is 7.11 Å². The Bertz CT molecular complexity index is 844. The molecule has 0 spiro atoms. The maximum Gasteiger partial charge on any atom is 0.252 e. The van der Waals surface area contributed by atoms with Gasteiger partial charge in [-0.3, -0.25) is 4.79 Å². The summed E-state index contributed by atoms with van der Waals surface area (Å²) in [6, 6.07) is 7.46. The van der Waals surface area contributed by atoms with Gasteiger partial charge in [-0.05, 0) is 18.2 Å². The molecule has 1 amide bonds. The van der Waals surface area contributed by atoms with Gasteiger partial charge in [0.05, 0.1) is 18.4 Å². The van der Waals surface area contributed by atoms with E-state index in [-0.39, 0.29) is 11.3 Å². The summed E-state index contributed by atoms with van der Waals surface area (Å²) in [6.07, 6.45) is 1.32. The average molecular weight is 286 g/mol. The van der Waals surface area contributed by atoms with Crippen molar-refractivity contribution in [2.24, 2.45) is 5.73 Å². The molecule has 3 rings (SSSR count). The van der Waals surface area contributed by atoms with Crippen molar-refractivity contribution in [1.29, 1.82) is 0 Å². The minimum atomic E-state index is -0.657. The summed E-state index contributed by atoms with van der Waals surface area (Å²) in [5.74, 6) is -0.813. The molecule has 21 heavy (non-hydrogen) atoms. The highest BCUT2D eigenvalue weighted by Crippen LogP contribution is 2.30. The van der Waals surface area contributed by atoms with Gasteiger partial charge in [0.2, 0.25) is 0 Å². The molecular formula is C14H11FN4O2. The van der Waals surface area contributed by atoms with Crippen molar-refractivity contribution < 1.29 is 13.9 Å². The first-order valence-electron chi connectivity index (χ1n) is 6.08. The van der Waals surface area contributed by atoms with E-state index in [2.05, 4.69) is 10.1 Å². The lowest BCUT2D eigenvalue weighted by Gasteiger charge is -2.11. The molecule has 0 aliphatic heterocycles. The second-order valence-electron chi connectivity index (χ2n) is 4.35. The summed E-state index contributed by atoms with van der Waals surface area (Å²) < 4.78 is 20.1. The molecule has 0 aliphatic carbocycles. The van der Waals surface area contributed by atoms with Crippen LogP contribution in [0.25, 0.3) is 16.9 Å². The maximum atomic E-state index is 13.4. The fraction of sp³-hybridized carbons (Fsp3) is 0.0714. The van der Waals surface area contributed by atoms with E-state index in [1.54, 1.807) is 12.1 Å². The number of hydrogen-bond donors (Lipinski definition) is 1. The molecule has 2 aromatic heterocycles. The Morgan fingerprint density at radius 2 is 2.19 bits per heavy atom. The monoisotopic (exact) mass is 286 g/mol. The molecule has 6 nitrogen and oxygen atoms in total. The first-order chi connectivity index (χ1) is 10.1. The van der Waals surface area contributed by atoms with E-state index in [9.17, 15) is 9.18 Å². The summed E-state index contributed by atoms with van der Waals surface area (Å²) in [4.78, 5) is 15.7. The number of methoxy groups -OCH3 is 1. The van der Waals surface area contributed by atoms with Gasteiger partial charge < -0.3 is 10.5 Å². The third-order valence-electron chi connectivity index (χ3n) is 3.09. The Kier molecular flexibility index (Phi) is 3.02. The van der Waals surface area contributed by atoms with Gasteiger partial charge in [-0.15, -0.1) is 0 Å². The number of fused-ring (bicyclic) bond motifs is 1. The predicted octanol–water partition coefficient (Wildman–Crippen LogP) is 1.64. The molecule has 106 valence electrons. The van der Waals surface area contributed by atoms with Crippen molar-refractivity contribution in [1.82, 2.24) is 14.6 Å². The molecule has 0 aliphatic rings. The van der Waals surface area contributed by atoms with Crippen LogP contribution in [0.2, 0.25) is 0 Å². The molecule has 0 fully saturated rings. The molecule has 0 radical (unpaired) electrons. The Balaban J connectivity index is 2.38. The third kappa shape index (κ3) is 2.08. The topological polar surface area (TPSA) is 82.5 Å². The lowest BCUT2D eigenvalue weighted by Crippen LogP contribution is -2.14. The van der Waals surface area contributed by atoms with E-state index in [1.807, 2.05) is 0 Å². The highest BCUT2D eigenvalue weighted by molar-refractivity contribution is 5.99. The van der Waals surface area contributed by atoms with Crippen LogP contribution < -0.4 is 10.5 Å². The zero-order valence-electron chi connectivity index (χ0n) is 11.1. The lowest BCUT2D eigenvalue weighted by molar-refractivity contribution is 0.0997. The van der Waals surface area contributed by atoms with Crippen LogP contribution in [0.1, 0.15) is 10.4 Å². The van der Waals surface area contributed by atoms with E-state index in [4.69, 9.17) is 10.5 Å². The molecule has 0 saturated carbocycles. The Morgan fingerprint density at radius 3 is 2.86 bits per heavy atom. The first kappa shape index (κ1) is 13.0. The number of carbonyl (C=O) groups is 1. The quantitative estimate of drug-likeness (QED) is 0.793. The number of nitrogens with zero attached hydrogens (tertiary/aromatic N) is 3. The Hall–Kier alpha value is -2.96. The highest BCUT2D eigenvalue weighted by atomic mass is 19.1. The highest BCUT2D eigenvalue weighted by Gasteiger charge is 2.19. The lowest BCUT2D eigenvalue weighted by atomic mass is 10.1. The van der Waals surface area contributed by atoms with Gasteiger partial charge in [0.25, 0.3) is 5.91 Å². The van der Waals surface area contributed by atoms with Crippen LogP contribution in [-0.4, -0.2) is 27.6 Å². The number of amides is 1. The summed E-state index contributed by atoms with van der Waals surface area (Å²) in [5, 5.41) is 4.08. The molecule has 0 unspecified atom stereocenters. The molecule has 0 saturated heterocycles. The predicted molar refractivity (Wildman–Crippen MR) is 73.5 cm³/mol. The SMILES string of the molecule is COc1c(C(N)=O)cc(-c2cccc(F)c2)n2ncnc12. The van der Waals surface area contributed by atoms with Crippen LogP contribution >= 0.6 is 0 Å². The molecule has 2 heterocycles. The van der Waals surface area contributed by atoms with E-state index in [1.165, 1.54) is 36.2 Å². The van der Waals surface area contributed by atoms with Crippen LogP contribution in [0.3, 0.4) is 0 Å². The Morgan fingerprint density at radius 1 is 1.38 bits per heavy atom.